The largest absolute Gasteiger partial charge is 0.448 e. The third kappa shape index (κ3) is 5.98. The van der Waals surface area contributed by atoms with E-state index < -0.39 is 45.9 Å². The predicted octanol–water partition coefficient (Wildman–Crippen LogP) is 8.51. The molecule has 14 heteroatoms. The van der Waals surface area contributed by atoms with Crippen LogP contribution in [0.25, 0.3) is 6.08 Å². The Bertz CT molecular complexity index is 1760. The van der Waals surface area contributed by atoms with Gasteiger partial charge in [-0.1, -0.05) is 36.4 Å². The summed E-state index contributed by atoms with van der Waals surface area (Å²) in [5, 5.41) is 11.5. The van der Waals surface area contributed by atoms with Crippen LogP contribution < -0.4 is 14.5 Å². The number of hydrogen-bond donors (Lipinski definition) is 0. The summed E-state index contributed by atoms with van der Waals surface area (Å²) >= 11 is 6.57. The van der Waals surface area contributed by atoms with Gasteiger partial charge in [-0.2, -0.15) is 13.2 Å². The number of anilines is 2. The lowest BCUT2D eigenvalue weighted by molar-refractivity contribution is -0.385. The monoisotopic (exact) mass is 729 g/mol. The Morgan fingerprint density at radius 2 is 1.27 bits per heavy atom. The number of hydrogen-bond acceptors (Lipinski definition) is 6. The molecule has 4 aromatic carbocycles. The first kappa shape index (κ1) is 30.6. The third-order valence-corrected chi connectivity index (χ3v) is 7.48. The van der Waals surface area contributed by atoms with Gasteiger partial charge in [0.05, 0.1) is 30.8 Å². The van der Waals surface area contributed by atoms with Gasteiger partial charge >= 0.3 is 17.9 Å². The molecule has 1 heterocycles. The van der Waals surface area contributed by atoms with Gasteiger partial charge in [0.15, 0.2) is 5.75 Å². The first-order valence-electron chi connectivity index (χ1n) is 12.4. The zero-order valence-corrected chi connectivity index (χ0v) is 25.1. The number of urea groups is 1. The van der Waals surface area contributed by atoms with Gasteiger partial charge < -0.3 is 4.74 Å². The minimum atomic E-state index is -4.80. The van der Waals surface area contributed by atoms with Crippen LogP contribution in [-0.2, 0) is 15.8 Å². The van der Waals surface area contributed by atoms with Crippen LogP contribution in [0.4, 0.5) is 35.0 Å². The maximum Gasteiger partial charge on any atom is 0.416 e. The Labute approximate surface area is 263 Å². The van der Waals surface area contributed by atoms with Gasteiger partial charge in [0.2, 0.25) is 5.75 Å². The molecule has 4 aromatic rings. The van der Waals surface area contributed by atoms with E-state index >= 15 is 0 Å². The van der Waals surface area contributed by atoms with Gasteiger partial charge in [-0.25, -0.2) is 14.6 Å². The minimum Gasteiger partial charge on any atom is -0.448 e. The summed E-state index contributed by atoms with van der Waals surface area (Å²) in [6, 6.07) is 20.0. The Balaban J connectivity index is 1.55. The van der Waals surface area contributed by atoms with Gasteiger partial charge in [-0.05, 0) is 92.0 Å². The molecule has 0 saturated carbocycles. The molecule has 0 bridgehead atoms. The number of nitro benzene ring substituents is 1. The fourth-order valence-corrected chi connectivity index (χ4v) is 5.68. The van der Waals surface area contributed by atoms with Crippen molar-refractivity contribution in [1.82, 2.24) is 0 Å². The number of rotatable bonds is 6. The number of carbonyl (C=O) groups is 3. The topological polar surface area (TPSA) is 110 Å². The van der Waals surface area contributed by atoms with E-state index in [-0.39, 0.29) is 37.2 Å². The molecular formula is C30H16Br2F3N3O6. The summed E-state index contributed by atoms with van der Waals surface area (Å²) in [6.45, 7) is 0. The summed E-state index contributed by atoms with van der Waals surface area (Å²) in [5.74, 6) is -2.22. The number of barbiturate groups is 1. The van der Waals surface area contributed by atoms with Crippen molar-refractivity contribution in [3.8, 4) is 11.5 Å². The van der Waals surface area contributed by atoms with Crippen molar-refractivity contribution in [3.05, 3.63) is 127 Å². The van der Waals surface area contributed by atoms with Crippen LogP contribution in [0.15, 0.2) is 106 Å². The number of carbonyl (C=O) groups excluding carboxylic acids is 3. The molecular weight excluding hydrogens is 715 g/mol. The van der Waals surface area contributed by atoms with E-state index in [1.807, 2.05) is 0 Å². The van der Waals surface area contributed by atoms with Gasteiger partial charge in [0.1, 0.15) is 5.57 Å². The van der Waals surface area contributed by atoms with Gasteiger partial charge in [-0.3, -0.25) is 19.7 Å². The number of nitro groups is 1. The molecule has 0 aliphatic carbocycles. The van der Waals surface area contributed by atoms with Crippen molar-refractivity contribution >= 4 is 72.8 Å². The van der Waals surface area contributed by atoms with Crippen molar-refractivity contribution in [1.29, 1.82) is 0 Å². The van der Waals surface area contributed by atoms with Gasteiger partial charge in [0.25, 0.3) is 11.8 Å². The maximum absolute atomic E-state index is 13.6. The molecule has 0 radical (unpaired) electrons. The minimum absolute atomic E-state index is 0.0247. The number of imide groups is 2. The third-order valence-electron chi connectivity index (χ3n) is 6.30. The van der Waals surface area contributed by atoms with E-state index in [1.54, 1.807) is 60.7 Å². The maximum atomic E-state index is 13.6. The Morgan fingerprint density at radius 1 is 0.773 bits per heavy atom. The first-order chi connectivity index (χ1) is 20.9. The fourth-order valence-electron chi connectivity index (χ4n) is 4.30. The Kier molecular flexibility index (Phi) is 8.39. The number of amides is 4. The highest BCUT2D eigenvalue weighted by atomic mass is 79.9. The number of alkyl halides is 3. The van der Waals surface area contributed by atoms with Crippen molar-refractivity contribution in [2.75, 3.05) is 9.80 Å². The van der Waals surface area contributed by atoms with Crippen LogP contribution in [0, 0.1) is 10.1 Å². The summed E-state index contributed by atoms with van der Waals surface area (Å²) in [6.07, 6.45) is -3.53. The summed E-state index contributed by atoms with van der Waals surface area (Å²) in [7, 11) is 0. The molecule has 0 atom stereocenters. The zero-order valence-electron chi connectivity index (χ0n) is 21.9. The molecule has 5 rings (SSSR count). The van der Waals surface area contributed by atoms with Crippen LogP contribution in [0.3, 0.4) is 0 Å². The molecule has 1 aliphatic heterocycles. The van der Waals surface area contributed by atoms with Gasteiger partial charge in [-0.15, -0.1) is 0 Å². The van der Waals surface area contributed by atoms with E-state index in [1.165, 1.54) is 18.2 Å². The lowest BCUT2D eigenvalue weighted by atomic mass is 10.0. The van der Waals surface area contributed by atoms with Crippen LogP contribution >= 0.6 is 31.9 Å². The molecule has 0 aromatic heterocycles. The molecule has 222 valence electrons. The lowest BCUT2D eigenvalue weighted by Crippen LogP contribution is -2.57. The van der Waals surface area contributed by atoms with E-state index in [9.17, 15) is 37.7 Å². The van der Waals surface area contributed by atoms with Gasteiger partial charge in [0, 0.05) is 6.07 Å². The average molecular weight is 731 g/mol. The van der Waals surface area contributed by atoms with Crippen LogP contribution in [-0.4, -0.2) is 22.8 Å². The molecule has 1 fully saturated rings. The number of ether oxygens (including phenoxy) is 1. The quantitative estimate of drug-likeness (QED) is 0.0852. The zero-order chi connectivity index (χ0) is 31.8. The SMILES string of the molecule is O=C1C(=Cc2cc(Br)c(Oc3ccc(C(F)(F)F)cc3[N+](=O)[O-])c(Br)c2)C(=O)N(c2ccccc2)C(=O)N1c1ccccc1. The van der Waals surface area contributed by atoms with E-state index in [0.29, 0.717) is 12.1 Å². The highest BCUT2D eigenvalue weighted by Gasteiger charge is 2.43. The van der Waals surface area contributed by atoms with E-state index in [4.69, 9.17) is 4.74 Å². The second kappa shape index (κ2) is 12.1. The highest BCUT2D eigenvalue weighted by molar-refractivity contribution is 9.11. The fraction of sp³-hybridized carbons (Fsp3) is 0.0333. The number of para-hydroxylation sites is 2. The standard InChI is InChI=1S/C30H16Br2F3N3O6/c31-22-14-17(15-23(32)26(22)44-25-12-11-18(30(33,34)35)16-24(25)38(42)43)13-21-27(39)36(19-7-3-1-4-8-19)29(41)37(28(21)40)20-9-5-2-6-10-20/h1-16H. The molecule has 4 amide bonds. The molecule has 0 N–H and O–H groups in total. The van der Waals surface area contributed by atoms with E-state index in [2.05, 4.69) is 31.9 Å². The van der Waals surface area contributed by atoms with Crippen LogP contribution in [0.1, 0.15) is 11.1 Å². The number of benzene rings is 4. The molecule has 44 heavy (non-hydrogen) atoms. The summed E-state index contributed by atoms with van der Waals surface area (Å²) in [5.41, 5.74) is -1.70. The Morgan fingerprint density at radius 3 is 1.73 bits per heavy atom. The predicted molar refractivity (Wildman–Crippen MR) is 161 cm³/mol. The molecule has 9 nitrogen and oxygen atoms in total. The average Bonchev–Trinajstić information content (AvgIpc) is 2.98. The van der Waals surface area contributed by atoms with Crippen molar-refractivity contribution in [3.63, 3.8) is 0 Å². The normalized spacial score (nSPS) is 13.8. The highest BCUT2D eigenvalue weighted by Crippen LogP contribution is 2.43. The number of halogens is 5. The summed E-state index contributed by atoms with van der Waals surface area (Å²) < 4.78 is 45.3. The smallest absolute Gasteiger partial charge is 0.416 e. The van der Waals surface area contributed by atoms with Crippen molar-refractivity contribution in [2.24, 2.45) is 0 Å². The summed E-state index contributed by atoms with van der Waals surface area (Å²) in [4.78, 5) is 52.9. The van der Waals surface area contributed by atoms with E-state index in [0.717, 1.165) is 15.9 Å². The Hall–Kier alpha value is -4.82. The molecule has 0 spiro atoms. The number of nitrogens with zero attached hydrogens (tertiary/aromatic N) is 3. The van der Waals surface area contributed by atoms with Crippen LogP contribution in [0.2, 0.25) is 0 Å². The lowest BCUT2D eigenvalue weighted by Gasteiger charge is -2.33. The first-order valence-corrected chi connectivity index (χ1v) is 14.0. The van der Waals surface area contributed by atoms with Crippen molar-refractivity contribution in [2.45, 2.75) is 6.18 Å². The molecule has 1 saturated heterocycles. The van der Waals surface area contributed by atoms with Crippen LogP contribution in [0.5, 0.6) is 11.5 Å². The second-order valence-corrected chi connectivity index (χ2v) is 10.9. The molecule has 0 unspecified atom stereocenters. The van der Waals surface area contributed by atoms with Crippen molar-refractivity contribution < 1.29 is 37.2 Å². The second-order valence-electron chi connectivity index (χ2n) is 9.15. The molecule has 1 aliphatic rings.